The van der Waals surface area contributed by atoms with Crippen molar-refractivity contribution in [2.24, 2.45) is 22.7 Å². The normalized spacial score (nSPS) is 16.9. The molecule has 0 spiro atoms. The first-order valence-electron chi connectivity index (χ1n) is 31.1. The molecule has 4 aromatic rings. The second-order valence-corrected chi connectivity index (χ2v) is 25.8. The van der Waals surface area contributed by atoms with Crippen LogP contribution in [0.1, 0.15) is 194 Å². The summed E-state index contributed by atoms with van der Waals surface area (Å²) in [5.41, 5.74) is 3.59. The highest BCUT2D eigenvalue weighted by molar-refractivity contribution is 5.91. The van der Waals surface area contributed by atoms with Crippen LogP contribution in [-0.2, 0) is 28.8 Å². The molecule has 0 saturated carbocycles. The highest BCUT2D eigenvalue weighted by Crippen LogP contribution is 2.36. The lowest BCUT2D eigenvalue weighted by Crippen LogP contribution is -2.57. The van der Waals surface area contributed by atoms with Gasteiger partial charge in [-0.3, -0.25) is 28.8 Å². The Labute approximate surface area is 500 Å². The number of ketones is 1. The molecule has 5 amide bonds. The SMILES string of the molecule is C.CC[C@@H](C)C(=O)N[C@H](C(=O)N1CCC[C@H]1CN(CC(c1ccccc1)c1ccccc1)C(=O)CCCCCCCCC(=O)N(CC(c1ccccc1)c1ccccc1)C[C@@H]1CCCN1C(=O)[C@@H](CC(=O)[C@H](C)NC)C(C)(C)C)C(C)(C)C. The van der Waals surface area contributed by atoms with E-state index in [1.807, 2.05) is 155 Å². The molecule has 2 aliphatic heterocycles. The van der Waals surface area contributed by atoms with E-state index >= 15 is 0 Å². The summed E-state index contributed by atoms with van der Waals surface area (Å²) in [4.78, 5) is 93.1. The lowest BCUT2D eigenvalue weighted by atomic mass is 9.76. The van der Waals surface area contributed by atoms with Crippen molar-refractivity contribution >= 4 is 35.3 Å². The van der Waals surface area contributed by atoms with E-state index in [1.54, 1.807) is 7.05 Å². The topological polar surface area (TPSA) is 139 Å². The van der Waals surface area contributed by atoms with Gasteiger partial charge >= 0.3 is 0 Å². The molecule has 2 heterocycles. The van der Waals surface area contributed by atoms with Gasteiger partial charge in [0.25, 0.3) is 0 Å². The van der Waals surface area contributed by atoms with E-state index in [4.69, 9.17) is 0 Å². The largest absolute Gasteiger partial charge is 0.344 e. The summed E-state index contributed by atoms with van der Waals surface area (Å²) >= 11 is 0. The summed E-state index contributed by atoms with van der Waals surface area (Å²) in [5.74, 6) is -0.809. The Hall–Kier alpha value is -6.14. The average Bonchev–Trinajstić information content (AvgIpc) is 4.17. The van der Waals surface area contributed by atoms with Crippen molar-refractivity contribution in [1.82, 2.24) is 30.2 Å². The standard InChI is InChI=1S/C70H100N6O6.CH4/c1-11-51(2)66(80)72-65(70(7,8)9)68(82)76-45-31-41-58(76)48-74(50-60(55-36-24-18-25-37-55)56-38-26-19-27-39-56)64(79)43-29-15-13-12-14-28-42-63(78)73(49-59(53-32-20-16-21-33-53)54-34-22-17-23-35-54)47-57-40-30-44-75(57)67(81)61(69(4,5)6)46-62(77)52(3)71-10;/h16-27,32-39,51-52,57-61,65,71H,11-15,28-31,40-50H2,1-10H3,(H,72,80);1H4/t51-,52+,57+,58+,61-,65-;/m1./s1. The van der Waals surface area contributed by atoms with Crippen LogP contribution in [0.25, 0.3) is 0 Å². The average molecular weight is 1140 g/mol. The van der Waals surface area contributed by atoms with Crippen molar-refractivity contribution in [3.05, 3.63) is 144 Å². The zero-order valence-electron chi connectivity index (χ0n) is 51.5. The van der Waals surface area contributed by atoms with Crippen LogP contribution >= 0.6 is 0 Å². The van der Waals surface area contributed by atoms with Crippen LogP contribution in [0, 0.1) is 22.7 Å². The van der Waals surface area contributed by atoms with Crippen LogP contribution in [0.4, 0.5) is 0 Å². The zero-order chi connectivity index (χ0) is 59.4. The van der Waals surface area contributed by atoms with Gasteiger partial charge in [0.05, 0.1) is 6.04 Å². The van der Waals surface area contributed by atoms with Crippen LogP contribution in [0.3, 0.4) is 0 Å². The number of benzene rings is 4. The molecule has 454 valence electrons. The van der Waals surface area contributed by atoms with Gasteiger partial charge in [-0.05, 0) is 92.0 Å². The number of rotatable bonds is 30. The molecular formula is C71H104N6O6. The maximum atomic E-state index is 14.7. The molecule has 0 unspecified atom stereocenters. The van der Waals surface area contributed by atoms with E-state index in [9.17, 15) is 28.8 Å². The minimum Gasteiger partial charge on any atom is -0.344 e. The smallest absolute Gasteiger partial charge is 0.246 e. The highest BCUT2D eigenvalue weighted by Gasteiger charge is 2.43. The number of unbranched alkanes of at least 4 members (excludes halogenated alkanes) is 5. The van der Waals surface area contributed by atoms with Gasteiger partial charge in [0, 0.05) is 94.3 Å². The van der Waals surface area contributed by atoms with Gasteiger partial charge < -0.3 is 30.2 Å². The van der Waals surface area contributed by atoms with E-state index in [-0.39, 0.29) is 85.0 Å². The van der Waals surface area contributed by atoms with E-state index in [1.165, 1.54) is 0 Å². The first-order chi connectivity index (χ1) is 39.2. The van der Waals surface area contributed by atoms with E-state index in [0.29, 0.717) is 58.5 Å². The number of likely N-dealkylation sites (tertiary alicyclic amines) is 2. The molecule has 12 nitrogen and oxygen atoms in total. The predicted octanol–water partition coefficient (Wildman–Crippen LogP) is 12.9. The summed E-state index contributed by atoms with van der Waals surface area (Å²) in [7, 11) is 1.77. The molecule has 2 aliphatic rings. The first-order valence-corrected chi connectivity index (χ1v) is 31.1. The van der Waals surface area contributed by atoms with E-state index in [0.717, 1.165) is 86.5 Å². The molecule has 83 heavy (non-hydrogen) atoms. The number of Topliss-reactive ketones (excluding diaryl/α,β-unsaturated/α-hetero) is 1. The third-order valence-electron chi connectivity index (χ3n) is 17.7. The third kappa shape index (κ3) is 19.7. The monoisotopic (exact) mass is 1140 g/mol. The van der Waals surface area contributed by atoms with Gasteiger partial charge in [-0.1, -0.05) is 210 Å². The summed E-state index contributed by atoms with van der Waals surface area (Å²) in [6, 6.07) is 40.1. The summed E-state index contributed by atoms with van der Waals surface area (Å²) in [5, 5.41) is 6.17. The van der Waals surface area contributed by atoms with Gasteiger partial charge in [0.2, 0.25) is 29.5 Å². The maximum absolute atomic E-state index is 14.7. The van der Waals surface area contributed by atoms with E-state index < -0.39 is 22.8 Å². The number of nitrogens with one attached hydrogen (secondary N) is 2. The Morgan fingerprint density at radius 2 is 0.928 bits per heavy atom. The molecule has 2 saturated heterocycles. The van der Waals surface area contributed by atoms with Gasteiger partial charge in [-0.15, -0.1) is 0 Å². The Balaban J connectivity index is 0.0000126. The van der Waals surface area contributed by atoms with Crippen molar-refractivity contribution in [1.29, 1.82) is 0 Å². The van der Waals surface area contributed by atoms with Crippen LogP contribution in [-0.4, -0.2) is 125 Å². The van der Waals surface area contributed by atoms with Crippen molar-refractivity contribution in [3.8, 4) is 0 Å². The van der Waals surface area contributed by atoms with Gasteiger partial charge in [0.1, 0.15) is 11.8 Å². The second kappa shape index (κ2) is 32.8. The first kappa shape index (κ1) is 67.6. The molecule has 2 fully saturated rings. The van der Waals surface area contributed by atoms with E-state index in [2.05, 4.69) is 59.2 Å². The lowest BCUT2D eigenvalue weighted by Gasteiger charge is -2.38. The number of likely N-dealkylation sites (N-methyl/N-ethyl adjacent to an activating group) is 1. The number of amides is 5. The van der Waals surface area contributed by atoms with Crippen LogP contribution in [0.5, 0.6) is 0 Å². The molecule has 12 heteroatoms. The minimum absolute atomic E-state index is 0. The van der Waals surface area contributed by atoms with Crippen LogP contribution in [0.2, 0.25) is 0 Å². The molecule has 6 atom stereocenters. The number of carbonyl (C=O) groups excluding carboxylic acids is 6. The lowest BCUT2D eigenvalue weighted by molar-refractivity contribution is -0.144. The van der Waals surface area contributed by atoms with Crippen molar-refractivity contribution in [3.63, 3.8) is 0 Å². The second-order valence-electron chi connectivity index (χ2n) is 25.8. The van der Waals surface area contributed by atoms with Crippen LogP contribution in [0.15, 0.2) is 121 Å². The van der Waals surface area contributed by atoms with Crippen LogP contribution < -0.4 is 10.6 Å². The van der Waals surface area contributed by atoms with Gasteiger partial charge in [-0.25, -0.2) is 0 Å². The number of hydrogen-bond donors (Lipinski definition) is 2. The van der Waals surface area contributed by atoms with Crippen molar-refractivity contribution < 1.29 is 28.8 Å². The fourth-order valence-electron chi connectivity index (χ4n) is 12.0. The Bertz CT molecular complexity index is 2360. The quantitative estimate of drug-likeness (QED) is 0.0496. The fraction of sp³-hybridized carbons (Fsp3) is 0.577. The minimum atomic E-state index is -0.687. The predicted molar refractivity (Wildman–Crippen MR) is 338 cm³/mol. The summed E-state index contributed by atoms with van der Waals surface area (Å²) in [6.07, 6.45) is 10.0. The maximum Gasteiger partial charge on any atom is 0.246 e. The van der Waals surface area contributed by atoms with Gasteiger partial charge in [0.15, 0.2) is 0 Å². The molecule has 6 rings (SSSR count). The number of hydrogen-bond acceptors (Lipinski definition) is 7. The Morgan fingerprint density at radius 1 is 0.554 bits per heavy atom. The molecular weight excluding hydrogens is 1030 g/mol. The van der Waals surface area contributed by atoms with Gasteiger partial charge in [-0.2, -0.15) is 0 Å². The highest BCUT2D eigenvalue weighted by atomic mass is 16.2. The molecule has 0 bridgehead atoms. The summed E-state index contributed by atoms with van der Waals surface area (Å²) < 4.78 is 0. The zero-order valence-corrected chi connectivity index (χ0v) is 51.5. The number of carbonyl (C=O) groups is 6. The third-order valence-corrected chi connectivity index (χ3v) is 17.7. The van der Waals surface area contributed by atoms with Crippen molar-refractivity contribution in [2.75, 3.05) is 46.3 Å². The summed E-state index contributed by atoms with van der Waals surface area (Å²) in [6.45, 7) is 20.9. The Kier molecular flexibility index (Phi) is 26.7. The molecule has 0 aromatic heterocycles. The molecule has 0 radical (unpaired) electrons. The fourth-order valence-corrected chi connectivity index (χ4v) is 12.0. The molecule has 2 N–H and O–H groups in total. The van der Waals surface area contributed by atoms with Crippen molar-refractivity contribution in [2.45, 2.75) is 196 Å². The molecule has 4 aromatic carbocycles. The molecule has 0 aliphatic carbocycles. The number of nitrogens with zero attached hydrogens (tertiary/aromatic N) is 4. The Morgan fingerprint density at radius 3 is 1.28 bits per heavy atom.